The first-order chi connectivity index (χ1) is 14.9. The van der Waals surface area contributed by atoms with Crippen molar-refractivity contribution in [1.82, 2.24) is 4.90 Å². The number of hydrogen-bond donors (Lipinski definition) is 1. The monoisotopic (exact) mass is 491 g/mol. The summed E-state index contributed by atoms with van der Waals surface area (Å²) < 4.78 is 65.5. The maximum absolute atomic E-state index is 13.8. The van der Waals surface area contributed by atoms with Gasteiger partial charge in [0.25, 0.3) is 0 Å². The van der Waals surface area contributed by atoms with Crippen LogP contribution in [0.25, 0.3) is 0 Å². The van der Waals surface area contributed by atoms with Crippen LogP contribution in [0.2, 0.25) is 5.02 Å². The number of hydrogen-bond acceptors (Lipinski definition) is 4. The molecule has 0 fully saturated rings. The first-order valence-corrected chi connectivity index (χ1v) is 11.6. The summed E-state index contributed by atoms with van der Waals surface area (Å²) in [6, 6.07) is 7.40. The van der Waals surface area contributed by atoms with Gasteiger partial charge in [-0.3, -0.25) is 13.9 Å². The number of rotatable bonds is 9. The summed E-state index contributed by atoms with van der Waals surface area (Å²) in [7, 11) is -3.87. The molecule has 0 atom stereocenters. The van der Waals surface area contributed by atoms with Crippen molar-refractivity contribution in [2.45, 2.75) is 13.3 Å². The van der Waals surface area contributed by atoms with Crippen LogP contribution in [0.4, 0.5) is 24.5 Å². The highest BCUT2D eigenvalue weighted by atomic mass is 35.5. The summed E-state index contributed by atoms with van der Waals surface area (Å²) in [6.45, 7) is 0.669. The molecule has 0 radical (unpaired) electrons. The third-order valence-electron chi connectivity index (χ3n) is 4.27. The van der Waals surface area contributed by atoms with Crippen molar-refractivity contribution in [3.05, 3.63) is 58.9 Å². The van der Waals surface area contributed by atoms with Crippen molar-refractivity contribution < 1.29 is 31.2 Å². The number of anilines is 2. The second kappa shape index (κ2) is 10.7. The Kier molecular flexibility index (Phi) is 8.51. The fraction of sp³-hybridized carbons (Fsp3) is 0.300. The lowest BCUT2D eigenvalue weighted by molar-refractivity contribution is -0.133. The Labute approximate surface area is 188 Å². The molecule has 1 N–H and O–H groups in total. The highest BCUT2D eigenvalue weighted by Crippen LogP contribution is 2.22. The zero-order valence-electron chi connectivity index (χ0n) is 17.2. The molecule has 0 saturated heterocycles. The predicted octanol–water partition coefficient (Wildman–Crippen LogP) is 3.40. The third kappa shape index (κ3) is 6.60. The predicted molar refractivity (Wildman–Crippen MR) is 115 cm³/mol. The van der Waals surface area contributed by atoms with Gasteiger partial charge in [-0.2, -0.15) is 0 Å². The Hall–Kier alpha value is -2.79. The SMILES string of the molecule is CCCN(CC(=O)Nc1ccc(F)c(F)c1F)C(=O)CN(c1cccc(Cl)c1)S(C)(=O)=O. The molecular weight excluding hydrogens is 471 g/mol. The van der Waals surface area contributed by atoms with E-state index in [4.69, 9.17) is 11.6 Å². The van der Waals surface area contributed by atoms with Crippen molar-refractivity contribution in [1.29, 1.82) is 0 Å². The molecule has 32 heavy (non-hydrogen) atoms. The molecule has 0 aliphatic carbocycles. The van der Waals surface area contributed by atoms with Gasteiger partial charge in [-0.05, 0) is 36.8 Å². The summed E-state index contributed by atoms with van der Waals surface area (Å²) in [4.78, 5) is 26.2. The summed E-state index contributed by atoms with van der Waals surface area (Å²) in [5.41, 5.74) is -0.424. The van der Waals surface area contributed by atoms with E-state index in [1.165, 1.54) is 18.2 Å². The van der Waals surface area contributed by atoms with Crippen LogP contribution in [-0.2, 0) is 19.6 Å². The van der Waals surface area contributed by atoms with Crippen molar-refractivity contribution in [3.8, 4) is 0 Å². The average molecular weight is 492 g/mol. The van der Waals surface area contributed by atoms with Crippen LogP contribution in [0, 0.1) is 17.5 Å². The molecule has 0 aliphatic heterocycles. The van der Waals surface area contributed by atoms with Gasteiger partial charge in [-0.25, -0.2) is 21.6 Å². The fourth-order valence-corrected chi connectivity index (χ4v) is 3.83. The van der Waals surface area contributed by atoms with Crippen molar-refractivity contribution >= 4 is 44.8 Å². The van der Waals surface area contributed by atoms with E-state index in [1.54, 1.807) is 13.0 Å². The molecular formula is C20H21ClF3N3O4S. The lowest BCUT2D eigenvalue weighted by Crippen LogP contribution is -2.45. The standard InChI is InChI=1S/C20H21ClF3N3O4S/c1-3-9-26(11-17(28)25-16-8-7-15(22)19(23)20(16)24)18(29)12-27(32(2,30)31)14-6-4-5-13(21)10-14/h4-8,10H,3,9,11-12H2,1-2H3,(H,25,28). The summed E-state index contributed by atoms with van der Waals surface area (Å²) in [5, 5.41) is 2.35. The van der Waals surface area contributed by atoms with Crippen LogP contribution in [-0.4, -0.2) is 51.0 Å². The van der Waals surface area contributed by atoms with E-state index >= 15 is 0 Å². The molecule has 2 rings (SSSR count). The van der Waals surface area contributed by atoms with Gasteiger partial charge in [0.15, 0.2) is 17.5 Å². The largest absolute Gasteiger partial charge is 0.332 e. The minimum atomic E-state index is -3.87. The molecule has 0 unspecified atom stereocenters. The van der Waals surface area contributed by atoms with Crippen LogP contribution in [0.15, 0.2) is 36.4 Å². The van der Waals surface area contributed by atoms with Gasteiger partial charge in [0, 0.05) is 11.6 Å². The van der Waals surface area contributed by atoms with E-state index in [2.05, 4.69) is 5.32 Å². The van der Waals surface area contributed by atoms with Crippen LogP contribution in [0.3, 0.4) is 0 Å². The number of halogens is 4. The van der Waals surface area contributed by atoms with Gasteiger partial charge in [0.1, 0.15) is 6.54 Å². The number of nitrogens with one attached hydrogen (secondary N) is 1. The average Bonchev–Trinajstić information content (AvgIpc) is 2.71. The molecule has 7 nitrogen and oxygen atoms in total. The zero-order valence-corrected chi connectivity index (χ0v) is 18.8. The minimum Gasteiger partial charge on any atom is -0.332 e. The van der Waals surface area contributed by atoms with Gasteiger partial charge in [-0.1, -0.05) is 24.6 Å². The van der Waals surface area contributed by atoms with Crippen LogP contribution in [0.5, 0.6) is 0 Å². The molecule has 0 aliphatic rings. The highest BCUT2D eigenvalue weighted by Gasteiger charge is 2.25. The normalized spacial score (nSPS) is 11.2. The molecule has 0 saturated carbocycles. The summed E-state index contributed by atoms with van der Waals surface area (Å²) in [6.07, 6.45) is 1.36. The molecule has 174 valence electrons. The lowest BCUT2D eigenvalue weighted by Gasteiger charge is -2.27. The smallest absolute Gasteiger partial charge is 0.244 e. The molecule has 2 amide bonds. The van der Waals surface area contributed by atoms with E-state index in [-0.39, 0.29) is 17.3 Å². The second-order valence-corrected chi connectivity index (χ2v) is 9.18. The number of carbonyl (C=O) groups is 2. The quantitative estimate of drug-likeness (QED) is 0.545. The van der Waals surface area contributed by atoms with E-state index in [9.17, 15) is 31.2 Å². The van der Waals surface area contributed by atoms with Gasteiger partial charge in [0.05, 0.1) is 24.2 Å². The van der Waals surface area contributed by atoms with Gasteiger partial charge < -0.3 is 10.2 Å². The van der Waals surface area contributed by atoms with Crippen LogP contribution in [0.1, 0.15) is 13.3 Å². The molecule has 0 bridgehead atoms. The third-order valence-corrected chi connectivity index (χ3v) is 5.64. The maximum atomic E-state index is 13.8. The van der Waals surface area contributed by atoms with E-state index in [0.717, 1.165) is 21.5 Å². The lowest BCUT2D eigenvalue weighted by atomic mass is 10.2. The summed E-state index contributed by atoms with van der Waals surface area (Å²) >= 11 is 5.92. The van der Waals surface area contributed by atoms with E-state index in [0.29, 0.717) is 12.5 Å². The zero-order chi connectivity index (χ0) is 24.1. The van der Waals surface area contributed by atoms with E-state index < -0.39 is 58.1 Å². The second-order valence-electron chi connectivity index (χ2n) is 6.84. The van der Waals surface area contributed by atoms with Crippen LogP contribution < -0.4 is 9.62 Å². The van der Waals surface area contributed by atoms with Crippen molar-refractivity contribution in [2.75, 3.05) is 35.5 Å². The minimum absolute atomic E-state index is 0.0969. The van der Waals surface area contributed by atoms with Gasteiger partial charge in [0.2, 0.25) is 21.8 Å². The first kappa shape index (κ1) is 25.5. The Morgan fingerprint density at radius 2 is 1.75 bits per heavy atom. The molecule has 2 aromatic carbocycles. The Morgan fingerprint density at radius 1 is 1.06 bits per heavy atom. The Bertz CT molecular complexity index is 1120. The Balaban J connectivity index is 2.19. The first-order valence-electron chi connectivity index (χ1n) is 9.38. The van der Waals surface area contributed by atoms with E-state index in [1.807, 2.05) is 0 Å². The van der Waals surface area contributed by atoms with Crippen LogP contribution >= 0.6 is 11.6 Å². The molecule has 12 heteroatoms. The number of amides is 2. The highest BCUT2D eigenvalue weighted by molar-refractivity contribution is 7.92. The summed E-state index contributed by atoms with van der Waals surface area (Å²) in [5.74, 6) is -6.29. The van der Waals surface area contributed by atoms with Gasteiger partial charge in [-0.15, -0.1) is 0 Å². The Morgan fingerprint density at radius 3 is 2.34 bits per heavy atom. The number of nitrogens with zero attached hydrogens (tertiary/aromatic N) is 2. The molecule has 2 aromatic rings. The van der Waals surface area contributed by atoms with Gasteiger partial charge >= 0.3 is 0 Å². The maximum Gasteiger partial charge on any atom is 0.244 e. The topological polar surface area (TPSA) is 86.8 Å². The van der Waals surface area contributed by atoms with Crippen molar-refractivity contribution in [3.63, 3.8) is 0 Å². The molecule has 0 heterocycles. The molecule has 0 spiro atoms. The number of sulfonamides is 1. The fourth-order valence-electron chi connectivity index (χ4n) is 2.80. The molecule has 0 aromatic heterocycles. The van der Waals surface area contributed by atoms with Crippen molar-refractivity contribution in [2.24, 2.45) is 0 Å². The number of benzene rings is 2. The number of carbonyl (C=O) groups excluding carboxylic acids is 2.